The lowest BCUT2D eigenvalue weighted by atomic mass is 10.3. The molecule has 0 atom stereocenters. The Bertz CT molecular complexity index is 329. The van der Waals surface area contributed by atoms with Crippen LogP contribution in [-0.4, -0.2) is 43.9 Å². The summed E-state index contributed by atoms with van der Waals surface area (Å²) in [6.07, 6.45) is 0.927. The molecule has 0 N–H and O–H groups in total. The zero-order valence-electron chi connectivity index (χ0n) is 8.98. The molecule has 1 aromatic rings. The molecule has 1 aliphatic heterocycles. The van der Waals surface area contributed by atoms with Gasteiger partial charge >= 0.3 is 0 Å². The van der Waals surface area contributed by atoms with Crippen molar-refractivity contribution in [2.75, 3.05) is 37.6 Å². The van der Waals surface area contributed by atoms with Crippen molar-refractivity contribution in [1.82, 2.24) is 4.90 Å². The van der Waals surface area contributed by atoms with E-state index in [1.165, 1.54) is 17.0 Å². The summed E-state index contributed by atoms with van der Waals surface area (Å²) in [5.74, 6) is 0. The Balaban J connectivity index is 1.97. The third kappa shape index (κ3) is 2.38. The second kappa shape index (κ2) is 4.77. The Labute approximate surface area is 94.3 Å². The number of aldehydes is 1. The van der Waals surface area contributed by atoms with Gasteiger partial charge in [-0.1, -0.05) is 6.92 Å². The minimum Gasteiger partial charge on any atom is -0.368 e. The molecule has 4 heteroatoms. The lowest BCUT2D eigenvalue weighted by molar-refractivity contribution is 0.112. The van der Waals surface area contributed by atoms with Gasteiger partial charge in [-0.15, -0.1) is 11.3 Å². The summed E-state index contributed by atoms with van der Waals surface area (Å²) < 4.78 is 0. The van der Waals surface area contributed by atoms with Crippen molar-refractivity contribution < 1.29 is 4.79 Å². The number of hydrogen-bond donors (Lipinski definition) is 0. The second-order valence-corrected chi connectivity index (χ2v) is 4.69. The van der Waals surface area contributed by atoms with Gasteiger partial charge in [0.25, 0.3) is 0 Å². The molecule has 0 unspecified atom stereocenters. The van der Waals surface area contributed by atoms with Gasteiger partial charge in [0.15, 0.2) is 6.29 Å². The first-order chi connectivity index (χ1) is 7.33. The van der Waals surface area contributed by atoms with Crippen LogP contribution in [0.4, 0.5) is 5.69 Å². The van der Waals surface area contributed by atoms with E-state index in [9.17, 15) is 4.79 Å². The first-order valence-corrected chi connectivity index (χ1v) is 6.22. The number of carbonyl (C=O) groups excluding carboxylic acids is 1. The van der Waals surface area contributed by atoms with E-state index in [0.29, 0.717) is 0 Å². The van der Waals surface area contributed by atoms with Gasteiger partial charge in [0.1, 0.15) is 0 Å². The van der Waals surface area contributed by atoms with Crippen LogP contribution in [0.25, 0.3) is 0 Å². The van der Waals surface area contributed by atoms with Crippen LogP contribution in [0.15, 0.2) is 11.4 Å². The van der Waals surface area contributed by atoms with E-state index in [0.717, 1.165) is 43.9 Å². The average Bonchev–Trinajstić information content (AvgIpc) is 2.78. The molecule has 0 aliphatic carbocycles. The van der Waals surface area contributed by atoms with E-state index < -0.39 is 0 Å². The minimum atomic E-state index is 0.822. The van der Waals surface area contributed by atoms with Crippen molar-refractivity contribution in [3.8, 4) is 0 Å². The van der Waals surface area contributed by atoms with Crippen molar-refractivity contribution in [2.45, 2.75) is 6.92 Å². The first kappa shape index (κ1) is 10.6. The maximum atomic E-state index is 10.6. The predicted octanol–water partition coefficient (Wildman–Crippen LogP) is 1.70. The number of nitrogens with zero attached hydrogens (tertiary/aromatic N) is 2. The highest BCUT2D eigenvalue weighted by Gasteiger charge is 2.16. The van der Waals surface area contributed by atoms with E-state index >= 15 is 0 Å². The summed E-state index contributed by atoms with van der Waals surface area (Å²) in [7, 11) is 0. The van der Waals surface area contributed by atoms with Gasteiger partial charge in [-0.25, -0.2) is 0 Å². The van der Waals surface area contributed by atoms with Crippen molar-refractivity contribution in [1.29, 1.82) is 0 Å². The molecular formula is C11H16N2OS. The van der Waals surface area contributed by atoms with Crippen LogP contribution >= 0.6 is 11.3 Å². The Hall–Kier alpha value is -0.870. The summed E-state index contributed by atoms with van der Waals surface area (Å²) in [6, 6.07) is 1.99. The van der Waals surface area contributed by atoms with Crippen LogP contribution in [0.5, 0.6) is 0 Å². The van der Waals surface area contributed by atoms with Crippen molar-refractivity contribution in [3.05, 3.63) is 16.3 Å². The number of anilines is 1. The van der Waals surface area contributed by atoms with E-state index in [4.69, 9.17) is 0 Å². The predicted molar refractivity (Wildman–Crippen MR) is 64.0 cm³/mol. The van der Waals surface area contributed by atoms with Crippen molar-refractivity contribution >= 4 is 23.3 Å². The molecule has 1 aliphatic rings. The molecule has 82 valence electrons. The van der Waals surface area contributed by atoms with Crippen LogP contribution in [0.2, 0.25) is 0 Å². The molecule has 1 saturated heterocycles. The van der Waals surface area contributed by atoms with Gasteiger partial charge in [-0.2, -0.15) is 0 Å². The van der Waals surface area contributed by atoms with E-state index in [1.807, 2.05) is 6.07 Å². The number of rotatable bonds is 3. The lowest BCUT2D eigenvalue weighted by Crippen LogP contribution is -2.46. The fraction of sp³-hybridized carbons (Fsp3) is 0.545. The molecule has 0 spiro atoms. The largest absolute Gasteiger partial charge is 0.368 e. The Kier molecular flexibility index (Phi) is 3.38. The summed E-state index contributed by atoms with van der Waals surface area (Å²) in [5, 5.41) is 2.07. The highest BCUT2D eigenvalue weighted by molar-refractivity contribution is 7.12. The molecule has 0 saturated carbocycles. The van der Waals surface area contributed by atoms with E-state index in [2.05, 4.69) is 22.1 Å². The molecule has 0 radical (unpaired) electrons. The van der Waals surface area contributed by atoms with Gasteiger partial charge in [0.05, 0.1) is 4.88 Å². The number of piperazine rings is 1. The zero-order valence-corrected chi connectivity index (χ0v) is 9.80. The molecule has 2 rings (SSSR count). The monoisotopic (exact) mass is 224 g/mol. The van der Waals surface area contributed by atoms with E-state index in [1.54, 1.807) is 0 Å². The standard InChI is InChI=1S/C11H16N2OS/c1-2-12-3-5-13(6-4-12)10-7-11(8-14)15-9-10/h7-9H,2-6H2,1H3. The maximum absolute atomic E-state index is 10.6. The molecule has 0 bridgehead atoms. The van der Waals surface area contributed by atoms with Gasteiger partial charge in [0, 0.05) is 37.2 Å². The minimum absolute atomic E-state index is 0.822. The molecule has 3 nitrogen and oxygen atoms in total. The highest BCUT2D eigenvalue weighted by Crippen LogP contribution is 2.22. The SMILES string of the molecule is CCN1CCN(c2csc(C=O)c2)CC1. The molecule has 2 heterocycles. The quantitative estimate of drug-likeness (QED) is 0.730. The smallest absolute Gasteiger partial charge is 0.160 e. The van der Waals surface area contributed by atoms with Crippen LogP contribution in [0, 0.1) is 0 Å². The summed E-state index contributed by atoms with van der Waals surface area (Å²) >= 11 is 1.53. The number of thiophene rings is 1. The number of carbonyl (C=O) groups is 1. The number of hydrogen-bond acceptors (Lipinski definition) is 4. The topological polar surface area (TPSA) is 23.6 Å². The fourth-order valence-corrected chi connectivity index (χ4v) is 2.61. The second-order valence-electron chi connectivity index (χ2n) is 3.75. The van der Waals surface area contributed by atoms with Crippen molar-refractivity contribution in [2.24, 2.45) is 0 Å². The normalized spacial score (nSPS) is 18.1. The third-order valence-electron chi connectivity index (χ3n) is 2.91. The van der Waals surface area contributed by atoms with Crippen LogP contribution in [0.3, 0.4) is 0 Å². The molecule has 1 aromatic heterocycles. The number of likely N-dealkylation sites (N-methyl/N-ethyl adjacent to an activating group) is 1. The molecule has 15 heavy (non-hydrogen) atoms. The fourth-order valence-electron chi connectivity index (χ4n) is 1.89. The van der Waals surface area contributed by atoms with Gasteiger partial charge in [-0.3, -0.25) is 4.79 Å². The summed E-state index contributed by atoms with van der Waals surface area (Å²) in [5.41, 5.74) is 1.21. The van der Waals surface area contributed by atoms with Crippen LogP contribution < -0.4 is 4.90 Å². The molecular weight excluding hydrogens is 208 g/mol. The maximum Gasteiger partial charge on any atom is 0.160 e. The van der Waals surface area contributed by atoms with E-state index in [-0.39, 0.29) is 0 Å². The lowest BCUT2D eigenvalue weighted by Gasteiger charge is -2.34. The Morgan fingerprint density at radius 2 is 2.13 bits per heavy atom. The molecule has 0 amide bonds. The summed E-state index contributed by atoms with van der Waals surface area (Å²) in [6.45, 7) is 7.74. The molecule has 0 aromatic carbocycles. The van der Waals surface area contributed by atoms with Crippen LogP contribution in [0.1, 0.15) is 16.6 Å². The Morgan fingerprint density at radius 1 is 1.40 bits per heavy atom. The van der Waals surface area contributed by atoms with Crippen LogP contribution in [-0.2, 0) is 0 Å². The zero-order chi connectivity index (χ0) is 10.7. The average molecular weight is 224 g/mol. The highest BCUT2D eigenvalue weighted by atomic mass is 32.1. The van der Waals surface area contributed by atoms with Gasteiger partial charge < -0.3 is 9.80 Å². The van der Waals surface area contributed by atoms with Gasteiger partial charge in [-0.05, 0) is 12.6 Å². The first-order valence-electron chi connectivity index (χ1n) is 5.34. The Morgan fingerprint density at radius 3 is 2.67 bits per heavy atom. The summed E-state index contributed by atoms with van der Waals surface area (Å²) in [4.78, 5) is 16.2. The molecule has 1 fully saturated rings. The third-order valence-corrected chi connectivity index (χ3v) is 3.75. The van der Waals surface area contributed by atoms with Gasteiger partial charge in [0.2, 0.25) is 0 Å². The van der Waals surface area contributed by atoms with Crippen molar-refractivity contribution in [3.63, 3.8) is 0 Å².